The quantitative estimate of drug-likeness (QED) is 0.766. The minimum atomic E-state index is 0.0610. The first-order chi connectivity index (χ1) is 12.8. The molecule has 1 aliphatic heterocycles. The molecule has 2 aromatic heterocycles. The van der Waals surface area contributed by atoms with Gasteiger partial charge in [0.15, 0.2) is 5.65 Å². The summed E-state index contributed by atoms with van der Waals surface area (Å²) in [6.07, 6.45) is 2.74. The van der Waals surface area contributed by atoms with Crippen molar-refractivity contribution >= 4 is 22.8 Å². The molecule has 1 fully saturated rings. The number of nitriles is 1. The van der Waals surface area contributed by atoms with Gasteiger partial charge in [-0.2, -0.15) is 15.2 Å². The van der Waals surface area contributed by atoms with Crippen molar-refractivity contribution in [1.29, 1.82) is 5.26 Å². The number of aryl methyl sites for hydroxylation is 1. The van der Waals surface area contributed by atoms with Crippen molar-refractivity contribution in [2.24, 2.45) is 5.92 Å². The van der Waals surface area contributed by atoms with Crippen LogP contribution in [0.1, 0.15) is 18.1 Å². The van der Waals surface area contributed by atoms with Crippen LogP contribution in [0.3, 0.4) is 0 Å². The van der Waals surface area contributed by atoms with Crippen LogP contribution in [0.5, 0.6) is 0 Å². The molecule has 4 rings (SSSR count). The van der Waals surface area contributed by atoms with E-state index in [9.17, 15) is 0 Å². The fourth-order valence-corrected chi connectivity index (χ4v) is 3.20. The van der Waals surface area contributed by atoms with Crippen LogP contribution in [0, 0.1) is 17.2 Å². The molecular weight excluding hydrogens is 324 g/mol. The molecule has 0 atom stereocenters. The van der Waals surface area contributed by atoms with Crippen LogP contribution in [0.25, 0.3) is 11.0 Å². The van der Waals surface area contributed by atoms with Crippen LogP contribution < -0.4 is 10.2 Å². The lowest BCUT2D eigenvalue weighted by Gasteiger charge is -2.35. The smallest absolute Gasteiger partial charge is 0.229 e. The van der Waals surface area contributed by atoms with Crippen molar-refractivity contribution in [1.82, 2.24) is 15.0 Å². The second-order valence-corrected chi connectivity index (χ2v) is 6.45. The second kappa shape index (κ2) is 6.96. The molecule has 1 aromatic carbocycles. The third-order valence-electron chi connectivity index (χ3n) is 4.75. The first kappa shape index (κ1) is 16.3. The van der Waals surface area contributed by atoms with E-state index >= 15 is 0 Å². The first-order valence-corrected chi connectivity index (χ1v) is 8.86. The molecular formula is C20H20N6. The Kier molecular flexibility index (Phi) is 4.36. The fourth-order valence-electron chi connectivity index (χ4n) is 3.20. The topological polar surface area (TPSA) is 77.7 Å². The summed E-state index contributed by atoms with van der Waals surface area (Å²) < 4.78 is 0. The highest BCUT2D eigenvalue weighted by atomic mass is 15.3. The molecule has 1 aliphatic rings. The van der Waals surface area contributed by atoms with Gasteiger partial charge in [0.1, 0.15) is 5.82 Å². The Hall–Kier alpha value is -3.20. The lowest BCUT2D eigenvalue weighted by atomic mass is 10.0. The number of benzene rings is 1. The number of nitrogens with zero attached hydrogens (tertiary/aromatic N) is 5. The Bertz CT molecular complexity index is 971. The summed E-state index contributed by atoms with van der Waals surface area (Å²) >= 11 is 0. The Morgan fingerprint density at radius 3 is 2.73 bits per heavy atom. The normalized spacial score (nSPS) is 14.1. The Labute approximate surface area is 152 Å². The lowest BCUT2D eigenvalue weighted by molar-refractivity contribution is 0.494. The van der Waals surface area contributed by atoms with E-state index in [1.165, 1.54) is 11.1 Å². The maximum Gasteiger partial charge on any atom is 0.229 e. The third kappa shape index (κ3) is 3.04. The Balaban J connectivity index is 1.64. The molecule has 0 saturated carbocycles. The Morgan fingerprint density at radius 2 is 1.96 bits per heavy atom. The molecule has 0 unspecified atom stereocenters. The van der Waals surface area contributed by atoms with Gasteiger partial charge in [-0.05, 0) is 29.7 Å². The van der Waals surface area contributed by atoms with Crippen LogP contribution in [0.4, 0.5) is 11.8 Å². The van der Waals surface area contributed by atoms with Crippen molar-refractivity contribution in [3.8, 4) is 6.07 Å². The van der Waals surface area contributed by atoms with E-state index in [2.05, 4.69) is 52.5 Å². The molecule has 6 nitrogen and oxygen atoms in total. The Morgan fingerprint density at radius 1 is 1.15 bits per heavy atom. The number of nitrogens with one attached hydrogen (secondary N) is 1. The summed E-state index contributed by atoms with van der Waals surface area (Å²) in [6.45, 7) is 4.21. The summed E-state index contributed by atoms with van der Waals surface area (Å²) in [5, 5.41) is 13.4. The van der Waals surface area contributed by atoms with Gasteiger partial charge in [-0.1, -0.05) is 31.2 Å². The molecule has 0 aliphatic carbocycles. The van der Waals surface area contributed by atoms with Gasteiger partial charge in [-0.3, -0.25) is 0 Å². The van der Waals surface area contributed by atoms with Crippen molar-refractivity contribution in [3.05, 3.63) is 53.7 Å². The van der Waals surface area contributed by atoms with E-state index in [4.69, 9.17) is 10.2 Å². The van der Waals surface area contributed by atoms with Crippen molar-refractivity contribution in [2.45, 2.75) is 19.9 Å². The van der Waals surface area contributed by atoms with E-state index in [-0.39, 0.29) is 5.92 Å². The summed E-state index contributed by atoms with van der Waals surface area (Å²) in [6, 6.07) is 14.6. The summed E-state index contributed by atoms with van der Waals surface area (Å²) in [5.74, 6) is 1.48. The van der Waals surface area contributed by atoms with Crippen LogP contribution in [-0.2, 0) is 13.0 Å². The monoisotopic (exact) mass is 344 g/mol. The van der Waals surface area contributed by atoms with Gasteiger partial charge in [0.05, 0.1) is 17.4 Å². The zero-order chi connectivity index (χ0) is 17.9. The van der Waals surface area contributed by atoms with Gasteiger partial charge in [0.2, 0.25) is 5.95 Å². The molecule has 0 radical (unpaired) electrons. The number of anilines is 2. The average molecular weight is 344 g/mol. The largest absolute Gasteiger partial charge is 0.365 e. The van der Waals surface area contributed by atoms with E-state index in [0.717, 1.165) is 17.6 Å². The van der Waals surface area contributed by atoms with Crippen molar-refractivity contribution in [2.75, 3.05) is 23.3 Å². The summed E-state index contributed by atoms with van der Waals surface area (Å²) in [5.41, 5.74) is 3.26. The third-order valence-corrected chi connectivity index (χ3v) is 4.75. The van der Waals surface area contributed by atoms with Gasteiger partial charge in [-0.25, -0.2) is 4.98 Å². The highest BCUT2D eigenvalue weighted by Crippen LogP contribution is 2.26. The van der Waals surface area contributed by atoms with Crippen molar-refractivity contribution in [3.63, 3.8) is 0 Å². The van der Waals surface area contributed by atoms with Crippen LogP contribution >= 0.6 is 0 Å². The van der Waals surface area contributed by atoms with Crippen molar-refractivity contribution < 1.29 is 0 Å². The van der Waals surface area contributed by atoms with Gasteiger partial charge < -0.3 is 10.2 Å². The first-order valence-electron chi connectivity index (χ1n) is 8.86. The predicted molar refractivity (Wildman–Crippen MR) is 102 cm³/mol. The molecule has 3 heterocycles. The zero-order valence-corrected chi connectivity index (χ0v) is 14.7. The van der Waals surface area contributed by atoms with Crippen LogP contribution in [0.2, 0.25) is 0 Å². The van der Waals surface area contributed by atoms with Crippen LogP contribution in [0.15, 0.2) is 42.6 Å². The number of fused-ring (bicyclic) bond motifs is 1. The van der Waals surface area contributed by atoms with E-state index in [1.807, 2.05) is 17.0 Å². The zero-order valence-electron chi connectivity index (χ0n) is 14.7. The summed E-state index contributed by atoms with van der Waals surface area (Å²) in [7, 11) is 0. The molecule has 0 spiro atoms. The number of aromatic nitrogens is 3. The average Bonchev–Trinajstić information content (AvgIpc) is 2.65. The van der Waals surface area contributed by atoms with Gasteiger partial charge in [0.25, 0.3) is 0 Å². The maximum absolute atomic E-state index is 8.99. The minimum Gasteiger partial charge on any atom is -0.365 e. The SMILES string of the molecule is CCc1ccccc1CNc1nc(N2CC(C#N)C2)nc2ncccc12. The molecule has 0 amide bonds. The van der Waals surface area contributed by atoms with Gasteiger partial charge in [0, 0.05) is 25.8 Å². The number of rotatable bonds is 5. The van der Waals surface area contributed by atoms with Crippen LogP contribution in [-0.4, -0.2) is 28.0 Å². The standard InChI is InChI=1S/C20H20N6/c1-2-15-6-3-4-7-16(15)11-23-19-17-8-5-9-22-18(17)24-20(25-19)26-12-14(10-21)13-26/h3-9,14H,2,11-13H2,1H3,(H,22,23,24,25). The molecule has 0 bridgehead atoms. The summed E-state index contributed by atoms with van der Waals surface area (Å²) in [4.78, 5) is 15.7. The molecule has 130 valence electrons. The molecule has 1 saturated heterocycles. The van der Waals surface area contributed by atoms with E-state index < -0.39 is 0 Å². The van der Waals surface area contributed by atoms with Gasteiger partial charge >= 0.3 is 0 Å². The number of pyridine rings is 1. The van der Waals surface area contributed by atoms with E-state index in [1.54, 1.807) is 6.20 Å². The van der Waals surface area contributed by atoms with E-state index in [0.29, 0.717) is 31.2 Å². The predicted octanol–water partition coefficient (Wildman–Crippen LogP) is 3.16. The highest BCUT2D eigenvalue weighted by molar-refractivity contribution is 5.87. The van der Waals surface area contributed by atoms with Gasteiger partial charge in [-0.15, -0.1) is 0 Å². The molecule has 1 N–H and O–H groups in total. The fraction of sp³-hybridized carbons (Fsp3) is 0.300. The molecule has 6 heteroatoms. The number of hydrogen-bond acceptors (Lipinski definition) is 6. The maximum atomic E-state index is 8.99. The minimum absolute atomic E-state index is 0.0610. The molecule has 3 aromatic rings. The molecule has 26 heavy (non-hydrogen) atoms. The second-order valence-electron chi connectivity index (χ2n) is 6.45. The number of hydrogen-bond donors (Lipinski definition) is 1. The highest BCUT2D eigenvalue weighted by Gasteiger charge is 2.29. The lowest BCUT2D eigenvalue weighted by Crippen LogP contribution is -2.47.